The van der Waals surface area contributed by atoms with Gasteiger partial charge >= 0.3 is 0 Å². The minimum atomic E-state index is -0.399. The number of nitrogens with one attached hydrogen (secondary N) is 1. The zero-order chi connectivity index (χ0) is 24.1. The number of ether oxygens (including phenoxy) is 1. The maximum Gasteiger partial charge on any atom is 0.260 e. The summed E-state index contributed by atoms with van der Waals surface area (Å²) in [6.45, 7) is 0.620. The topological polar surface area (TPSA) is 96.8 Å². The highest BCUT2D eigenvalue weighted by atomic mass is 35.5. The predicted octanol–water partition coefficient (Wildman–Crippen LogP) is 2.28. The molecular weight excluding hydrogens is 458 g/mol. The van der Waals surface area contributed by atoms with Gasteiger partial charge in [0.15, 0.2) is 0 Å². The first-order chi connectivity index (χ1) is 16.5. The maximum atomic E-state index is 13.5. The predicted molar refractivity (Wildman–Crippen MR) is 127 cm³/mol. The van der Waals surface area contributed by atoms with E-state index >= 15 is 0 Å². The number of anilines is 1. The molecule has 1 N–H and O–H groups in total. The molecule has 10 heteroatoms. The second kappa shape index (κ2) is 10.5. The third-order valence-corrected chi connectivity index (χ3v) is 5.76. The molecule has 2 aromatic carbocycles. The van der Waals surface area contributed by atoms with Crippen molar-refractivity contribution in [1.29, 1.82) is 0 Å². The number of methoxy groups -OCH3 is 1. The number of carbonyl (C=O) groups is 3. The lowest BCUT2D eigenvalue weighted by Gasteiger charge is -2.23. The molecule has 0 atom stereocenters. The van der Waals surface area contributed by atoms with Crippen LogP contribution in [0.1, 0.15) is 15.9 Å². The Morgan fingerprint density at radius 1 is 1.15 bits per heavy atom. The van der Waals surface area contributed by atoms with Crippen LogP contribution in [-0.4, -0.2) is 65.8 Å². The molecule has 3 aromatic rings. The molecule has 1 aromatic heterocycles. The highest BCUT2D eigenvalue weighted by molar-refractivity contribution is 6.35. The van der Waals surface area contributed by atoms with Crippen LogP contribution in [0.3, 0.4) is 0 Å². The first-order valence-corrected chi connectivity index (χ1v) is 11.1. The summed E-state index contributed by atoms with van der Waals surface area (Å²) in [6.07, 6.45) is 3.42. The maximum absolute atomic E-state index is 13.5. The Hall–Kier alpha value is -3.69. The molecule has 3 amide bonds. The van der Waals surface area contributed by atoms with E-state index in [1.165, 1.54) is 9.80 Å². The van der Waals surface area contributed by atoms with Crippen LogP contribution in [0.4, 0.5) is 5.69 Å². The third-order valence-electron chi connectivity index (χ3n) is 5.45. The smallest absolute Gasteiger partial charge is 0.260 e. The molecule has 0 aliphatic carbocycles. The van der Waals surface area contributed by atoms with Gasteiger partial charge in [-0.2, -0.15) is 5.10 Å². The van der Waals surface area contributed by atoms with Crippen molar-refractivity contribution in [3.05, 3.63) is 77.1 Å². The van der Waals surface area contributed by atoms with Crippen molar-refractivity contribution >= 4 is 35.0 Å². The number of rotatable bonds is 7. The summed E-state index contributed by atoms with van der Waals surface area (Å²) in [5.41, 5.74) is 2.35. The van der Waals surface area contributed by atoms with Crippen LogP contribution in [0.15, 0.2) is 60.9 Å². The van der Waals surface area contributed by atoms with E-state index in [4.69, 9.17) is 16.3 Å². The summed E-state index contributed by atoms with van der Waals surface area (Å²) >= 11 is 6.48. The van der Waals surface area contributed by atoms with E-state index in [2.05, 4.69) is 10.4 Å². The fourth-order valence-electron chi connectivity index (χ4n) is 3.76. The van der Waals surface area contributed by atoms with E-state index in [1.54, 1.807) is 60.6 Å². The Labute approximate surface area is 201 Å². The molecular formula is C24H24ClN5O4. The average molecular weight is 482 g/mol. The Bertz CT molecular complexity index is 1200. The first kappa shape index (κ1) is 23.5. The molecule has 0 unspecified atom stereocenters. The van der Waals surface area contributed by atoms with Crippen molar-refractivity contribution in [3.63, 3.8) is 0 Å². The number of hydrogen-bond donors (Lipinski definition) is 1. The van der Waals surface area contributed by atoms with Gasteiger partial charge < -0.3 is 15.0 Å². The SMILES string of the molecule is COCCNC(=O)CN1Cc2ccccc2N(C(=O)c2ccc(-n3cccn3)cc2Cl)CC1=O. The van der Waals surface area contributed by atoms with Crippen LogP contribution in [0.2, 0.25) is 5.02 Å². The number of para-hydroxylation sites is 1. The molecule has 0 saturated heterocycles. The number of amides is 3. The fraction of sp³-hybridized carbons (Fsp3) is 0.250. The molecule has 0 saturated carbocycles. The summed E-state index contributed by atoms with van der Waals surface area (Å²) in [4.78, 5) is 41.8. The van der Waals surface area contributed by atoms with Crippen LogP contribution in [0.25, 0.3) is 5.69 Å². The van der Waals surface area contributed by atoms with Crippen molar-refractivity contribution in [2.75, 3.05) is 38.3 Å². The summed E-state index contributed by atoms with van der Waals surface area (Å²) in [7, 11) is 1.55. The lowest BCUT2D eigenvalue weighted by atomic mass is 10.1. The molecule has 2 heterocycles. The number of fused-ring (bicyclic) bond motifs is 1. The second-order valence-electron chi connectivity index (χ2n) is 7.73. The highest BCUT2D eigenvalue weighted by Crippen LogP contribution is 2.29. The largest absolute Gasteiger partial charge is 0.383 e. The van der Waals surface area contributed by atoms with E-state index in [0.717, 1.165) is 5.56 Å². The molecule has 0 bridgehead atoms. The van der Waals surface area contributed by atoms with Gasteiger partial charge in [0.2, 0.25) is 11.8 Å². The minimum absolute atomic E-state index is 0.113. The van der Waals surface area contributed by atoms with E-state index in [9.17, 15) is 14.4 Å². The second-order valence-corrected chi connectivity index (χ2v) is 8.13. The van der Waals surface area contributed by atoms with Crippen LogP contribution < -0.4 is 10.2 Å². The zero-order valence-corrected chi connectivity index (χ0v) is 19.4. The number of halogens is 1. The van der Waals surface area contributed by atoms with Crippen molar-refractivity contribution < 1.29 is 19.1 Å². The van der Waals surface area contributed by atoms with E-state index in [-0.39, 0.29) is 42.0 Å². The van der Waals surface area contributed by atoms with Crippen LogP contribution in [-0.2, 0) is 20.9 Å². The number of aromatic nitrogens is 2. The molecule has 0 fully saturated rings. The number of nitrogens with zero attached hydrogens (tertiary/aromatic N) is 4. The molecule has 34 heavy (non-hydrogen) atoms. The molecule has 0 radical (unpaired) electrons. The van der Waals surface area contributed by atoms with Crippen LogP contribution >= 0.6 is 11.6 Å². The third kappa shape index (κ3) is 5.11. The van der Waals surface area contributed by atoms with Crippen molar-refractivity contribution in [3.8, 4) is 5.69 Å². The summed E-state index contributed by atoms with van der Waals surface area (Å²) in [5.74, 6) is -1.03. The van der Waals surface area contributed by atoms with Crippen LogP contribution in [0.5, 0.6) is 0 Å². The Kier molecular flexibility index (Phi) is 7.24. The highest BCUT2D eigenvalue weighted by Gasteiger charge is 2.31. The minimum Gasteiger partial charge on any atom is -0.383 e. The van der Waals surface area contributed by atoms with Gasteiger partial charge in [-0.15, -0.1) is 0 Å². The lowest BCUT2D eigenvalue weighted by Crippen LogP contribution is -2.44. The van der Waals surface area contributed by atoms with Crippen molar-refractivity contribution in [2.45, 2.75) is 6.54 Å². The zero-order valence-electron chi connectivity index (χ0n) is 18.6. The van der Waals surface area contributed by atoms with Gasteiger partial charge in [-0.1, -0.05) is 29.8 Å². The lowest BCUT2D eigenvalue weighted by molar-refractivity contribution is -0.135. The molecule has 0 spiro atoms. The van der Waals surface area contributed by atoms with Gasteiger partial charge in [0.05, 0.1) is 29.4 Å². The van der Waals surface area contributed by atoms with E-state index in [0.29, 0.717) is 24.5 Å². The Morgan fingerprint density at radius 3 is 2.71 bits per heavy atom. The first-order valence-electron chi connectivity index (χ1n) is 10.7. The van der Waals surface area contributed by atoms with Gasteiger partial charge in [0.1, 0.15) is 6.54 Å². The van der Waals surface area contributed by atoms with Gasteiger partial charge in [-0.25, -0.2) is 4.68 Å². The van der Waals surface area contributed by atoms with Crippen LogP contribution in [0, 0.1) is 0 Å². The van der Waals surface area contributed by atoms with Gasteiger partial charge in [0, 0.05) is 38.3 Å². The monoisotopic (exact) mass is 481 g/mol. The van der Waals surface area contributed by atoms with Crippen molar-refractivity contribution in [2.24, 2.45) is 0 Å². The Balaban J connectivity index is 1.58. The summed E-state index contributed by atoms with van der Waals surface area (Å²) in [6, 6.07) is 14.1. The summed E-state index contributed by atoms with van der Waals surface area (Å²) < 4.78 is 6.57. The average Bonchev–Trinajstić information content (AvgIpc) is 3.33. The molecule has 9 nitrogen and oxygen atoms in total. The van der Waals surface area contributed by atoms with Gasteiger partial charge in [-0.3, -0.25) is 19.3 Å². The van der Waals surface area contributed by atoms with Gasteiger partial charge in [-0.05, 0) is 35.9 Å². The number of carbonyl (C=O) groups excluding carboxylic acids is 3. The van der Waals surface area contributed by atoms with Crippen molar-refractivity contribution in [1.82, 2.24) is 20.0 Å². The fourth-order valence-corrected chi connectivity index (χ4v) is 4.01. The standard InChI is InChI=1S/C24H24ClN5O4/c1-34-12-10-26-22(31)15-28-14-17-5-2-3-6-21(17)29(16-23(28)32)24(33)19-8-7-18(13-20(19)25)30-11-4-9-27-30/h2-9,11,13H,10,12,14-16H2,1H3,(H,26,31). The molecule has 176 valence electrons. The quantitative estimate of drug-likeness (QED) is 0.522. The van der Waals surface area contributed by atoms with E-state index < -0.39 is 5.91 Å². The molecule has 4 rings (SSSR count). The molecule has 1 aliphatic heterocycles. The normalized spacial score (nSPS) is 13.4. The van der Waals surface area contributed by atoms with E-state index in [1.807, 2.05) is 12.1 Å². The van der Waals surface area contributed by atoms with Gasteiger partial charge in [0.25, 0.3) is 5.91 Å². The summed E-state index contributed by atoms with van der Waals surface area (Å²) in [5, 5.41) is 7.14. The Morgan fingerprint density at radius 2 is 1.97 bits per heavy atom. The number of hydrogen-bond acceptors (Lipinski definition) is 5. The number of benzene rings is 2. The molecule has 1 aliphatic rings.